The second-order valence-corrected chi connectivity index (χ2v) is 4.69. The molecule has 0 atom stereocenters. The van der Waals surface area contributed by atoms with Gasteiger partial charge in [-0.25, -0.2) is 4.79 Å². The van der Waals surface area contributed by atoms with Gasteiger partial charge in [0.05, 0.1) is 13.2 Å². The number of carbonyl (C=O) groups is 2. The predicted octanol–water partition coefficient (Wildman–Crippen LogP) is 0.0327. The summed E-state index contributed by atoms with van der Waals surface area (Å²) in [5.74, 6) is -0.196. The van der Waals surface area contributed by atoms with Crippen LogP contribution in [0.2, 0.25) is 0 Å². The van der Waals surface area contributed by atoms with Crippen LogP contribution in [0.4, 0.5) is 4.79 Å². The highest BCUT2D eigenvalue weighted by Crippen LogP contribution is 2.05. The summed E-state index contributed by atoms with van der Waals surface area (Å²) in [5.41, 5.74) is 1.14. The normalized spacial score (nSPS) is 15.0. The molecular weight excluding hydrogens is 258 g/mol. The molecular formula is C14H19N3O3. The Morgan fingerprint density at radius 3 is 2.55 bits per heavy atom. The number of hydrogen-bond donors (Lipinski definition) is 2. The highest BCUT2D eigenvalue weighted by molar-refractivity contribution is 6.01. The Hall–Kier alpha value is -1.92. The number of nitrogens with zero attached hydrogens (tertiary/aromatic N) is 2. The second-order valence-electron chi connectivity index (χ2n) is 4.69. The molecule has 0 bridgehead atoms. The lowest BCUT2D eigenvalue weighted by Crippen LogP contribution is -2.39. The van der Waals surface area contributed by atoms with Gasteiger partial charge in [-0.2, -0.15) is 0 Å². The molecule has 1 fully saturated rings. The molecule has 2 N–H and O–H groups in total. The van der Waals surface area contributed by atoms with Gasteiger partial charge in [-0.3, -0.25) is 14.6 Å². The molecule has 0 unspecified atom stereocenters. The van der Waals surface area contributed by atoms with Crippen LogP contribution in [0.25, 0.3) is 0 Å². The third-order valence-corrected chi connectivity index (χ3v) is 3.24. The minimum absolute atomic E-state index is 0.0486. The molecule has 108 valence electrons. The van der Waals surface area contributed by atoms with Gasteiger partial charge in [0.15, 0.2) is 0 Å². The number of carbonyl (C=O) groups excluding carboxylic acids is 2. The van der Waals surface area contributed by atoms with Gasteiger partial charge in [0.1, 0.15) is 0 Å². The first-order valence-corrected chi connectivity index (χ1v) is 6.66. The van der Waals surface area contributed by atoms with E-state index in [1.807, 2.05) is 35.2 Å². The molecule has 1 saturated heterocycles. The Labute approximate surface area is 118 Å². The quantitative estimate of drug-likeness (QED) is 0.690. The van der Waals surface area contributed by atoms with Gasteiger partial charge in [0.2, 0.25) is 5.91 Å². The maximum Gasteiger partial charge on any atom is 0.324 e. The van der Waals surface area contributed by atoms with Crippen molar-refractivity contribution in [2.24, 2.45) is 0 Å². The highest BCUT2D eigenvalue weighted by Gasteiger charge is 2.28. The Kier molecular flexibility index (Phi) is 5.09. The van der Waals surface area contributed by atoms with Crippen LogP contribution in [0, 0.1) is 0 Å². The van der Waals surface area contributed by atoms with Crippen molar-refractivity contribution in [3.05, 3.63) is 35.9 Å². The van der Waals surface area contributed by atoms with Crippen molar-refractivity contribution in [3.63, 3.8) is 0 Å². The molecule has 0 spiro atoms. The van der Waals surface area contributed by atoms with E-state index in [0.717, 1.165) is 5.56 Å². The fourth-order valence-electron chi connectivity index (χ4n) is 2.18. The minimum Gasteiger partial charge on any atom is -0.395 e. The van der Waals surface area contributed by atoms with Gasteiger partial charge >= 0.3 is 6.03 Å². The van der Waals surface area contributed by atoms with Crippen molar-refractivity contribution in [1.29, 1.82) is 0 Å². The number of nitrogens with one attached hydrogen (secondary N) is 1. The van der Waals surface area contributed by atoms with Crippen LogP contribution < -0.4 is 5.32 Å². The number of aliphatic hydroxyl groups is 1. The molecule has 0 aliphatic carbocycles. The lowest BCUT2D eigenvalue weighted by atomic mass is 10.2. The maximum atomic E-state index is 11.5. The summed E-state index contributed by atoms with van der Waals surface area (Å²) in [6, 6.07) is 9.57. The molecule has 20 heavy (non-hydrogen) atoms. The van der Waals surface area contributed by atoms with Crippen molar-refractivity contribution in [2.45, 2.75) is 6.54 Å². The van der Waals surface area contributed by atoms with Crippen LogP contribution in [0.5, 0.6) is 0 Å². The molecule has 1 heterocycles. The van der Waals surface area contributed by atoms with Crippen LogP contribution >= 0.6 is 0 Å². The van der Waals surface area contributed by atoms with Gasteiger partial charge in [0, 0.05) is 26.2 Å². The van der Waals surface area contributed by atoms with Gasteiger partial charge in [-0.05, 0) is 5.56 Å². The van der Waals surface area contributed by atoms with E-state index in [0.29, 0.717) is 26.2 Å². The number of amides is 3. The zero-order chi connectivity index (χ0) is 14.4. The van der Waals surface area contributed by atoms with Crippen LogP contribution in [-0.4, -0.2) is 59.6 Å². The van der Waals surface area contributed by atoms with E-state index in [2.05, 4.69) is 5.32 Å². The van der Waals surface area contributed by atoms with Crippen molar-refractivity contribution in [1.82, 2.24) is 15.1 Å². The maximum absolute atomic E-state index is 11.5. The van der Waals surface area contributed by atoms with Crippen LogP contribution in [0.3, 0.4) is 0 Å². The summed E-state index contributed by atoms with van der Waals surface area (Å²) in [7, 11) is 0. The second kappa shape index (κ2) is 7.02. The van der Waals surface area contributed by atoms with E-state index >= 15 is 0 Å². The SMILES string of the molecule is O=C1CNC(=O)N1CCN(CCO)Cc1ccccc1. The van der Waals surface area contributed by atoms with Crippen molar-refractivity contribution >= 4 is 11.9 Å². The van der Waals surface area contributed by atoms with E-state index in [9.17, 15) is 9.59 Å². The lowest BCUT2D eigenvalue weighted by molar-refractivity contribution is -0.125. The first kappa shape index (κ1) is 14.5. The molecule has 0 aromatic heterocycles. The number of aliphatic hydroxyl groups excluding tert-OH is 1. The summed E-state index contributed by atoms with van der Waals surface area (Å²) in [6.45, 7) is 2.22. The highest BCUT2D eigenvalue weighted by atomic mass is 16.3. The number of hydrogen-bond acceptors (Lipinski definition) is 4. The molecule has 6 nitrogen and oxygen atoms in total. The van der Waals surface area contributed by atoms with Crippen LogP contribution in [0.1, 0.15) is 5.56 Å². The van der Waals surface area contributed by atoms with E-state index < -0.39 is 0 Å². The molecule has 3 amide bonds. The van der Waals surface area contributed by atoms with Crippen LogP contribution in [-0.2, 0) is 11.3 Å². The Balaban J connectivity index is 1.89. The minimum atomic E-state index is -0.335. The Morgan fingerprint density at radius 2 is 1.95 bits per heavy atom. The van der Waals surface area contributed by atoms with E-state index in [-0.39, 0.29) is 25.1 Å². The smallest absolute Gasteiger partial charge is 0.324 e. The van der Waals surface area contributed by atoms with Crippen molar-refractivity contribution in [2.75, 3.05) is 32.8 Å². The molecule has 1 aromatic rings. The summed E-state index contributed by atoms with van der Waals surface area (Å²) in [6.07, 6.45) is 0. The van der Waals surface area contributed by atoms with Crippen molar-refractivity contribution < 1.29 is 14.7 Å². The largest absolute Gasteiger partial charge is 0.395 e. The van der Waals surface area contributed by atoms with Gasteiger partial charge in [0.25, 0.3) is 0 Å². The zero-order valence-electron chi connectivity index (χ0n) is 11.3. The molecule has 1 aromatic carbocycles. The first-order valence-electron chi connectivity index (χ1n) is 6.66. The topological polar surface area (TPSA) is 72.9 Å². The van der Waals surface area contributed by atoms with E-state index in [4.69, 9.17) is 5.11 Å². The number of urea groups is 1. The predicted molar refractivity (Wildman–Crippen MR) is 73.9 cm³/mol. The van der Waals surface area contributed by atoms with Gasteiger partial charge < -0.3 is 10.4 Å². The van der Waals surface area contributed by atoms with E-state index in [1.165, 1.54) is 4.90 Å². The molecule has 6 heteroatoms. The monoisotopic (exact) mass is 277 g/mol. The summed E-state index contributed by atoms with van der Waals surface area (Å²) < 4.78 is 0. The number of rotatable bonds is 7. The van der Waals surface area contributed by atoms with Gasteiger partial charge in [-0.15, -0.1) is 0 Å². The third kappa shape index (κ3) is 3.79. The molecule has 2 rings (SSSR count). The molecule has 1 aliphatic rings. The van der Waals surface area contributed by atoms with E-state index in [1.54, 1.807) is 0 Å². The molecule has 0 saturated carbocycles. The van der Waals surface area contributed by atoms with Crippen molar-refractivity contribution in [3.8, 4) is 0 Å². The fourth-order valence-corrected chi connectivity index (χ4v) is 2.18. The fraction of sp³-hybridized carbons (Fsp3) is 0.429. The summed E-state index contributed by atoms with van der Waals surface area (Å²) >= 11 is 0. The lowest BCUT2D eigenvalue weighted by Gasteiger charge is -2.23. The zero-order valence-corrected chi connectivity index (χ0v) is 11.3. The standard InChI is InChI=1S/C14H19N3O3/c18-9-8-16(11-12-4-2-1-3-5-12)6-7-17-13(19)10-15-14(17)20/h1-5,18H,6-11H2,(H,15,20). The van der Waals surface area contributed by atoms with Crippen LogP contribution in [0.15, 0.2) is 30.3 Å². The Bertz CT molecular complexity index is 448. The summed E-state index contributed by atoms with van der Waals surface area (Å²) in [4.78, 5) is 26.2. The number of imide groups is 1. The number of benzene rings is 1. The Morgan fingerprint density at radius 1 is 1.20 bits per heavy atom. The third-order valence-electron chi connectivity index (χ3n) is 3.24. The first-order chi connectivity index (χ1) is 9.70. The average molecular weight is 277 g/mol. The molecule has 0 radical (unpaired) electrons. The molecule has 1 aliphatic heterocycles. The van der Waals surface area contributed by atoms with Gasteiger partial charge in [-0.1, -0.05) is 30.3 Å². The average Bonchev–Trinajstić information content (AvgIpc) is 2.77. The summed E-state index contributed by atoms with van der Waals surface area (Å²) in [5, 5.41) is 11.6.